The molecule has 0 saturated carbocycles. The third-order valence-corrected chi connectivity index (χ3v) is 1.42. The summed E-state index contributed by atoms with van der Waals surface area (Å²) in [7, 11) is 0. The largest absolute Gasteiger partial charge is 0.314 e. The van der Waals surface area contributed by atoms with Crippen LogP contribution in [0, 0.1) is 0 Å². The Hall–Kier alpha value is -0.110. The van der Waals surface area contributed by atoms with Crippen LogP contribution in [0.5, 0.6) is 0 Å². The Labute approximate surface area is 56.6 Å². The summed E-state index contributed by atoms with van der Waals surface area (Å²) in [6, 6.07) is 0.538. The first-order valence-electron chi connectivity index (χ1n) is 3.60. The molecular weight excluding hydrogens is 117 g/mol. The molecule has 1 N–H and O–H groups in total. The molecule has 1 nitrogen and oxygen atoms in total. The highest BCUT2D eigenvalue weighted by Crippen LogP contribution is 1.87. The molecule has 0 saturated heterocycles. The number of alkyl halides is 1. The highest BCUT2D eigenvalue weighted by atomic mass is 19.1. The lowest BCUT2D eigenvalue weighted by molar-refractivity contribution is 0.439. The zero-order valence-corrected chi connectivity index (χ0v) is 6.28. The van der Waals surface area contributed by atoms with Crippen LogP contribution in [-0.2, 0) is 0 Å². The summed E-state index contributed by atoms with van der Waals surface area (Å²) in [4.78, 5) is 0. The fourth-order valence-corrected chi connectivity index (χ4v) is 0.560. The van der Waals surface area contributed by atoms with Gasteiger partial charge in [-0.25, -0.2) is 0 Å². The van der Waals surface area contributed by atoms with Crippen LogP contribution in [0.15, 0.2) is 0 Å². The number of nitrogens with one attached hydrogen (secondary N) is 1. The van der Waals surface area contributed by atoms with Gasteiger partial charge in [0.05, 0.1) is 6.67 Å². The van der Waals surface area contributed by atoms with E-state index in [4.69, 9.17) is 0 Å². The van der Waals surface area contributed by atoms with Crippen molar-refractivity contribution in [2.45, 2.75) is 32.7 Å². The van der Waals surface area contributed by atoms with Gasteiger partial charge >= 0.3 is 0 Å². The van der Waals surface area contributed by atoms with Crippen molar-refractivity contribution in [3.8, 4) is 0 Å². The molecule has 0 aromatic rings. The van der Waals surface area contributed by atoms with E-state index in [-0.39, 0.29) is 6.67 Å². The third-order valence-electron chi connectivity index (χ3n) is 1.42. The summed E-state index contributed by atoms with van der Waals surface area (Å²) in [5.41, 5.74) is 0. The summed E-state index contributed by atoms with van der Waals surface area (Å²) in [5, 5.41) is 3.19. The second-order valence-corrected chi connectivity index (χ2v) is 2.31. The summed E-state index contributed by atoms with van der Waals surface area (Å²) in [5.74, 6) is 0. The maximum atomic E-state index is 11.5. The number of hydrogen-bond acceptors (Lipinski definition) is 1. The van der Waals surface area contributed by atoms with Crippen molar-refractivity contribution < 1.29 is 4.39 Å². The maximum absolute atomic E-state index is 11.5. The molecule has 0 amide bonds. The van der Waals surface area contributed by atoms with Gasteiger partial charge in [0.2, 0.25) is 0 Å². The summed E-state index contributed by atoms with van der Waals surface area (Å²) < 4.78 is 11.5. The minimum absolute atomic E-state index is 0.205. The van der Waals surface area contributed by atoms with Crippen LogP contribution >= 0.6 is 0 Å². The van der Waals surface area contributed by atoms with E-state index in [2.05, 4.69) is 19.2 Å². The van der Waals surface area contributed by atoms with Crippen LogP contribution in [0.25, 0.3) is 0 Å². The van der Waals surface area contributed by atoms with Gasteiger partial charge in [-0.3, -0.25) is 4.39 Å². The number of halogens is 1. The van der Waals surface area contributed by atoms with Crippen LogP contribution < -0.4 is 5.32 Å². The Morgan fingerprint density at radius 3 is 2.67 bits per heavy atom. The summed E-state index contributed by atoms with van der Waals surface area (Å²) in [6.45, 7) is 4.83. The van der Waals surface area contributed by atoms with E-state index >= 15 is 0 Å². The van der Waals surface area contributed by atoms with E-state index in [9.17, 15) is 4.39 Å². The molecule has 0 rings (SSSR count). The Bertz CT molecular complexity index is 56.9. The lowest BCUT2D eigenvalue weighted by Gasteiger charge is -2.08. The molecule has 0 spiro atoms. The highest BCUT2D eigenvalue weighted by molar-refractivity contribution is 4.56. The van der Waals surface area contributed by atoms with E-state index in [1.54, 1.807) is 0 Å². The molecule has 2 heteroatoms. The van der Waals surface area contributed by atoms with E-state index in [0.717, 1.165) is 13.0 Å². The smallest absolute Gasteiger partial charge is 0.0906 e. The zero-order valence-electron chi connectivity index (χ0n) is 6.28. The van der Waals surface area contributed by atoms with E-state index < -0.39 is 0 Å². The fraction of sp³-hybridized carbons (Fsp3) is 1.00. The van der Waals surface area contributed by atoms with Crippen molar-refractivity contribution in [3.05, 3.63) is 0 Å². The van der Waals surface area contributed by atoms with Crippen molar-refractivity contribution in [1.29, 1.82) is 0 Å². The molecule has 9 heavy (non-hydrogen) atoms. The molecule has 0 unspecified atom stereocenters. The van der Waals surface area contributed by atoms with Gasteiger partial charge in [0.1, 0.15) is 0 Å². The Morgan fingerprint density at radius 2 is 2.22 bits per heavy atom. The lowest BCUT2D eigenvalue weighted by Crippen LogP contribution is -2.26. The minimum atomic E-state index is -0.205. The first kappa shape index (κ1) is 8.89. The Balaban J connectivity index is 2.88. The quantitative estimate of drug-likeness (QED) is 0.563. The SMILES string of the molecule is CC[C@@H](C)NCCCF. The molecule has 0 aromatic carbocycles. The molecule has 0 bridgehead atoms. The van der Waals surface area contributed by atoms with Gasteiger partial charge in [0.25, 0.3) is 0 Å². The molecule has 1 atom stereocenters. The van der Waals surface area contributed by atoms with Crippen LogP contribution in [0.1, 0.15) is 26.7 Å². The Morgan fingerprint density at radius 1 is 1.56 bits per heavy atom. The predicted octanol–water partition coefficient (Wildman–Crippen LogP) is 1.73. The van der Waals surface area contributed by atoms with Crippen molar-refractivity contribution in [3.63, 3.8) is 0 Å². The molecule has 0 radical (unpaired) electrons. The molecule has 0 fully saturated rings. The zero-order chi connectivity index (χ0) is 7.11. The van der Waals surface area contributed by atoms with Gasteiger partial charge < -0.3 is 5.32 Å². The van der Waals surface area contributed by atoms with Gasteiger partial charge in [-0.05, 0) is 26.3 Å². The van der Waals surface area contributed by atoms with Crippen molar-refractivity contribution in [2.24, 2.45) is 0 Å². The minimum Gasteiger partial charge on any atom is -0.314 e. The second-order valence-electron chi connectivity index (χ2n) is 2.31. The van der Waals surface area contributed by atoms with E-state index in [1.807, 2.05) is 0 Å². The first-order chi connectivity index (χ1) is 4.31. The fourth-order valence-electron chi connectivity index (χ4n) is 0.560. The van der Waals surface area contributed by atoms with Gasteiger partial charge in [-0.1, -0.05) is 6.92 Å². The topological polar surface area (TPSA) is 12.0 Å². The predicted molar refractivity (Wildman–Crippen MR) is 38.3 cm³/mol. The van der Waals surface area contributed by atoms with Crippen LogP contribution in [0.4, 0.5) is 4.39 Å². The van der Waals surface area contributed by atoms with Gasteiger partial charge in [0.15, 0.2) is 0 Å². The lowest BCUT2D eigenvalue weighted by atomic mass is 10.2. The normalized spacial score (nSPS) is 13.7. The summed E-state index contributed by atoms with van der Waals surface area (Å²) in [6.07, 6.45) is 1.76. The highest BCUT2D eigenvalue weighted by Gasteiger charge is 1.94. The van der Waals surface area contributed by atoms with Crippen LogP contribution in [-0.4, -0.2) is 19.3 Å². The molecule has 0 aliphatic carbocycles. The van der Waals surface area contributed by atoms with Gasteiger partial charge in [-0.2, -0.15) is 0 Å². The molecule has 56 valence electrons. The van der Waals surface area contributed by atoms with Crippen molar-refractivity contribution >= 4 is 0 Å². The standard InChI is InChI=1S/C7H16FN/c1-3-7(2)9-6-4-5-8/h7,9H,3-6H2,1-2H3/t7-/m1/s1. The second kappa shape index (κ2) is 6.02. The molecule has 0 heterocycles. The average Bonchev–Trinajstić information content (AvgIpc) is 1.89. The van der Waals surface area contributed by atoms with E-state index in [0.29, 0.717) is 12.5 Å². The van der Waals surface area contributed by atoms with Crippen molar-refractivity contribution in [1.82, 2.24) is 5.32 Å². The van der Waals surface area contributed by atoms with Gasteiger partial charge in [-0.15, -0.1) is 0 Å². The van der Waals surface area contributed by atoms with Crippen LogP contribution in [0.3, 0.4) is 0 Å². The molecule has 0 aliphatic heterocycles. The average molecular weight is 133 g/mol. The van der Waals surface area contributed by atoms with E-state index in [1.165, 1.54) is 0 Å². The Kier molecular flexibility index (Phi) is 5.94. The third kappa shape index (κ3) is 5.77. The molecule has 0 aliphatic rings. The van der Waals surface area contributed by atoms with Gasteiger partial charge in [0, 0.05) is 6.04 Å². The molecule has 0 aromatic heterocycles. The molecular formula is C7H16FN. The summed E-state index contributed by atoms with van der Waals surface area (Å²) >= 11 is 0. The number of rotatable bonds is 5. The van der Waals surface area contributed by atoms with Crippen LogP contribution in [0.2, 0.25) is 0 Å². The van der Waals surface area contributed by atoms with Crippen molar-refractivity contribution in [2.75, 3.05) is 13.2 Å². The monoisotopic (exact) mass is 133 g/mol. The maximum Gasteiger partial charge on any atom is 0.0906 e. The number of hydrogen-bond donors (Lipinski definition) is 1. The first-order valence-corrected chi connectivity index (χ1v) is 3.60.